The fourth-order valence-corrected chi connectivity index (χ4v) is 4.96. The van der Waals surface area contributed by atoms with Crippen LogP contribution in [0.4, 0.5) is 0 Å². The molecule has 0 atom stereocenters. The molecule has 0 radical (unpaired) electrons. The summed E-state index contributed by atoms with van der Waals surface area (Å²) in [5.74, 6) is 0. The first-order valence-electron chi connectivity index (χ1n) is 7.46. The Morgan fingerprint density at radius 3 is 2.44 bits per heavy atom. The van der Waals surface area contributed by atoms with Gasteiger partial charge in [-0.3, -0.25) is 9.59 Å². The number of carbonyl (C=O) groups is 2. The lowest BCUT2D eigenvalue weighted by atomic mass is 10.0. The quantitative estimate of drug-likeness (QED) is 0.228. The normalized spacial score (nSPS) is 12.0. The highest BCUT2D eigenvalue weighted by atomic mass is 32.2. The summed E-state index contributed by atoms with van der Waals surface area (Å²) < 4.78 is 1.20. The fraction of sp³-hybridized carbons (Fsp3) is 0.263. The lowest BCUT2D eigenvalue weighted by Gasteiger charge is -2.12. The molecular formula is C19H22O2S4. The second kappa shape index (κ2) is 10.9. The van der Waals surface area contributed by atoms with Crippen molar-refractivity contribution in [3.8, 4) is 0 Å². The number of thiophene rings is 1. The van der Waals surface area contributed by atoms with E-state index in [1.54, 1.807) is 23.5 Å². The van der Waals surface area contributed by atoms with Crippen LogP contribution >= 0.6 is 47.5 Å². The van der Waals surface area contributed by atoms with E-state index in [0.29, 0.717) is 16.2 Å². The molecule has 25 heavy (non-hydrogen) atoms. The van der Waals surface area contributed by atoms with Crippen LogP contribution in [0.2, 0.25) is 0 Å². The molecule has 1 heterocycles. The number of thioether (sulfide) groups is 2. The second-order valence-corrected chi connectivity index (χ2v) is 8.75. The molecular weight excluding hydrogens is 388 g/mol. The molecule has 6 heteroatoms. The Bertz CT molecular complexity index is 745. The van der Waals surface area contributed by atoms with Crippen molar-refractivity contribution >= 4 is 65.6 Å². The molecule has 0 amide bonds. The number of thiol groups is 1. The SMILES string of the molecule is C=C(/C=C(\C)C(C/C=C(\S)C=O)=C(SC)SC)c1sc(C=O)cc1C. The number of rotatable bonds is 9. The highest BCUT2D eigenvalue weighted by Gasteiger charge is 2.11. The Morgan fingerprint density at radius 2 is 1.96 bits per heavy atom. The fourth-order valence-electron chi connectivity index (χ4n) is 2.29. The molecule has 0 aliphatic carbocycles. The number of aryl methyl sites for hydroxylation is 1. The van der Waals surface area contributed by atoms with Crippen LogP contribution in [0, 0.1) is 6.92 Å². The molecule has 134 valence electrons. The maximum absolute atomic E-state index is 11.0. The molecule has 0 saturated carbocycles. The Morgan fingerprint density at radius 1 is 1.32 bits per heavy atom. The lowest BCUT2D eigenvalue weighted by Crippen LogP contribution is -1.91. The Kier molecular flexibility index (Phi) is 9.64. The minimum Gasteiger partial charge on any atom is -0.297 e. The summed E-state index contributed by atoms with van der Waals surface area (Å²) in [6.07, 6.45) is 10.2. The third kappa shape index (κ3) is 6.37. The first kappa shape index (κ1) is 22.1. The number of carbonyl (C=O) groups excluding carboxylic acids is 2. The molecule has 0 saturated heterocycles. The monoisotopic (exact) mass is 410 g/mol. The van der Waals surface area contributed by atoms with Crippen molar-refractivity contribution in [1.29, 1.82) is 0 Å². The minimum atomic E-state index is 0.426. The molecule has 0 aromatic carbocycles. The maximum Gasteiger partial charge on any atom is 0.160 e. The highest BCUT2D eigenvalue weighted by Crippen LogP contribution is 2.35. The van der Waals surface area contributed by atoms with Gasteiger partial charge in [-0.15, -0.1) is 47.5 Å². The summed E-state index contributed by atoms with van der Waals surface area (Å²) in [5, 5.41) is 0. The first-order chi connectivity index (χ1) is 11.9. The van der Waals surface area contributed by atoms with E-state index in [-0.39, 0.29) is 0 Å². The Hall–Kier alpha value is -0.950. The zero-order chi connectivity index (χ0) is 19.0. The predicted octanol–water partition coefficient (Wildman–Crippen LogP) is 6.17. The van der Waals surface area contributed by atoms with E-state index in [1.165, 1.54) is 15.6 Å². The van der Waals surface area contributed by atoms with Crippen LogP contribution in [0.1, 0.15) is 33.5 Å². The van der Waals surface area contributed by atoms with Crippen molar-refractivity contribution in [3.05, 3.63) is 60.4 Å². The minimum absolute atomic E-state index is 0.426. The predicted molar refractivity (Wildman–Crippen MR) is 119 cm³/mol. The number of hydrogen-bond acceptors (Lipinski definition) is 6. The summed E-state index contributed by atoms with van der Waals surface area (Å²) in [6, 6.07) is 1.88. The van der Waals surface area contributed by atoms with Gasteiger partial charge in [-0.05, 0) is 61.1 Å². The van der Waals surface area contributed by atoms with E-state index < -0.39 is 0 Å². The van der Waals surface area contributed by atoms with Crippen LogP contribution in [0.25, 0.3) is 5.57 Å². The summed E-state index contributed by atoms with van der Waals surface area (Å²) in [7, 11) is 0. The highest BCUT2D eigenvalue weighted by molar-refractivity contribution is 8.21. The van der Waals surface area contributed by atoms with Crippen molar-refractivity contribution in [2.24, 2.45) is 0 Å². The van der Waals surface area contributed by atoms with Gasteiger partial charge < -0.3 is 0 Å². The molecule has 1 aromatic heterocycles. The lowest BCUT2D eigenvalue weighted by molar-refractivity contribution is -0.104. The number of aldehydes is 2. The van der Waals surface area contributed by atoms with Crippen LogP contribution in [-0.2, 0) is 4.79 Å². The van der Waals surface area contributed by atoms with Crippen molar-refractivity contribution in [3.63, 3.8) is 0 Å². The molecule has 0 bridgehead atoms. The van der Waals surface area contributed by atoms with Crippen molar-refractivity contribution < 1.29 is 9.59 Å². The smallest absolute Gasteiger partial charge is 0.160 e. The topological polar surface area (TPSA) is 34.1 Å². The molecule has 0 aliphatic rings. The van der Waals surface area contributed by atoms with E-state index in [2.05, 4.69) is 19.2 Å². The van der Waals surface area contributed by atoms with Crippen molar-refractivity contribution in [2.45, 2.75) is 20.3 Å². The summed E-state index contributed by atoms with van der Waals surface area (Å²) in [6.45, 7) is 8.20. The zero-order valence-corrected chi connectivity index (χ0v) is 18.1. The average molecular weight is 411 g/mol. The van der Waals surface area contributed by atoms with Crippen LogP contribution in [0.5, 0.6) is 0 Å². The third-order valence-electron chi connectivity index (χ3n) is 3.46. The van der Waals surface area contributed by atoms with Gasteiger partial charge in [0.15, 0.2) is 12.6 Å². The van der Waals surface area contributed by atoms with Crippen LogP contribution < -0.4 is 0 Å². The molecule has 0 aliphatic heterocycles. The van der Waals surface area contributed by atoms with Crippen molar-refractivity contribution in [2.75, 3.05) is 12.5 Å². The summed E-state index contributed by atoms with van der Waals surface area (Å²) >= 11 is 8.97. The van der Waals surface area contributed by atoms with Crippen LogP contribution in [-0.4, -0.2) is 25.1 Å². The van der Waals surface area contributed by atoms with Gasteiger partial charge in [-0.2, -0.15) is 0 Å². The van der Waals surface area contributed by atoms with Gasteiger partial charge in [0.05, 0.1) is 4.88 Å². The van der Waals surface area contributed by atoms with E-state index in [9.17, 15) is 9.59 Å². The molecule has 0 fully saturated rings. The molecule has 2 nitrogen and oxygen atoms in total. The number of allylic oxidation sites excluding steroid dienone is 6. The maximum atomic E-state index is 11.0. The Balaban J connectivity index is 3.24. The van der Waals surface area contributed by atoms with E-state index in [1.807, 2.05) is 44.6 Å². The number of hydrogen-bond donors (Lipinski definition) is 1. The van der Waals surface area contributed by atoms with Crippen molar-refractivity contribution in [1.82, 2.24) is 0 Å². The van der Waals surface area contributed by atoms with Gasteiger partial charge in [0.25, 0.3) is 0 Å². The van der Waals surface area contributed by atoms with Gasteiger partial charge in [0.1, 0.15) is 0 Å². The molecule has 1 rings (SSSR count). The van der Waals surface area contributed by atoms with E-state index in [4.69, 9.17) is 0 Å². The molecule has 0 N–H and O–H groups in total. The molecule has 1 aromatic rings. The van der Waals surface area contributed by atoms with Crippen LogP contribution in [0.15, 0.2) is 45.1 Å². The zero-order valence-electron chi connectivity index (χ0n) is 14.8. The Labute approximate surface area is 168 Å². The standard InChI is InChI=1S/C19H22O2S4/c1-12(8-13(2)18-14(3)9-16(11-21)25-18)17(19(23-4)24-5)7-6-15(22)10-20/h6,8-11,22H,2,7H2,1,3-5H3/b12-8+,15-6-. The first-order valence-corrected chi connectivity index (χ1v) is 11.2. The van der Waals surface area contributed by atoms with Gasteiger partial charge >= 0.3 is 0 Å². The molecule has 0 unspecified atom stereocenters. The third-order valence-corrected chi connectivity index (χ3v) is 7.23. The van der Waals surface area contributed by atoms with E-state index in [0.717, 1.165) is 39.7 Å². The largest absolute Gasteiger partial charge is 0.297 e. The second-order valence-electron chi connectivity index (χ2n) is 5.26. The average Bonchev–Trinajstić information content (AvgIpc) is 2.99. The van der Waals surface area contributed by atoms with Gasteiger partial charge in [-0.1, -0.05) is 18.7 Å². The molecule has 0 spiro atoms. The van der Waals surface area contributed by atoms with E-state index >= 15 is 0 Å². The van der Waals surface area contributed by atoms with Crippen LogP contribution in [0.3, 0.4) is 0 Å². The summed E-state index contributed by atoms with van der Waals surface area (Å²) in [5.41, 5.74) is 4.18. The van der Waals surface area contributed by atoms with Gasteiger partial charge in [-0.25, -0.2) is 0 Å². The summed E-state index contributed by atoms with van der Waals surface area (Å²) in [4.78, 5) is 23.9. The van der Waals surface area contributed by atoms with Gasteiger partial charge in [0, 0.05) is 14.0 Å². The van der Waals surface area contributed by atoms with Gasteiger partial charge in [0.2, 0.25) is 0 Å².